The van der Waals surface area contributed by atoms with Gasteiger partial charge in [-0.2, -0.15) is 0 Å². The fraction of sp³-hybridized carbons (Fsp3) is 0.478. The number of benzene rings is 1. The van der Waals surface area contributed by atoms with Crippen LogP contribution in [0.5, 0.6) is 5.75 Å². The summed E-state index contributed by atoms with van der Waals surface area (Å²) < 4.78 is 12.4. The number of rotatable bonds is 6. The molecule has 1 N–H and O–H groups in total. The molecule has 31 heavy (non-hydrogen) atoms. The van der Waals surface area contributed by atoms with Crippen molar-refractivity contribution in [1.82, 2.24) is 9.63 Å². The Balaban J connectivity index is 1.53. The number of aliphatic hydroxyl groups excluding tert-OH is 1. The first-order valence-corrected chi connectivity index (χ1v) is 10.4. The minimum absolute atomic E-state index is 0.145. The van der Waals surface area contributed by atoms with Gasteiger partial charge in [0.2, 0.25) is 0 Å². The van der Waals surface area contributed by atoms with E-state index in [0.29, 0.717) is 26.1 Å². The van der Waals surface area contributed by atoms with Crippen LogP contribution in [-0.2, 0) is 16.1 Å². The lowest BCUT2D eigenvalue weighted by Crippen LogP contribution is -2.44. The quantitative estimate of drug-likeness (QED) is 0.705. The zero-order valence-corrected chi connectivity index (χ0v) is 18.2. The van der Waals surface area contributed by atoms with Gasteiger partial charge in [-0.3, -0.25) is 4.79 Å². The van der Waals surface area contributed by atoms with Crippen LogP contribution in [0.4, 0.5) is 4.79 Å². The summed E-state index contributed by atoms with van der Waals surface area (Å²) in [5.74, 6) is 0.553. The number of piperidine rings is 1. The van der Waals surface area contributed by atoms with Crippen LogP contribution in [-0.4, -0.2) is 52.3 Å². The molecule has 8 nitrogen and oxygen atoms in total. The lowest BCUT2D eigenvalue weighted by molar-refractivity contribution is -0.170. The zero-order valence-electron chi connectivity index (χ0n) is 18.2. The summed E-state index contributed by atoms with van der Waals surface area (Å²) in [7, 11) is 0. The summed E-state index contributed by atoms with van der Waals surface area (Å²) >= 11 is 0. The Morgan fingerprint density at radius 3 is 2.58 bits per heavy atom. The molecule has 2 heterocycles. The number of carbonyl (C=O) groups is 1. The molecule has 2 aromatic rings. The topological polar surface area (TPSA) is 90.2 Å². The Labute approximate surface area is 181 Å². The fourth-order valence-electron chi connectivity index (χ4n) is 3.47. The van der Waals surface area contributed by atoms with Crippen LogP contribution in [0.15, 0.2) is 53.5 Å². The fourth-order valence-corrected chi connectivity index (χ4v) is 3.47. The Morgan fingerprint density at radius 1 is 1.19 bits per heavy atom. The largest absolute Gasteiger partial charge is 0.528 e. The van der Waals surface area contributed by atoms with E-state index in [-0.39, 0.29) is 18.0 Å². The molecular weight excluding hydrogens is 400 g/mol. The van der Waals surface area contributed by atoms with Crippen molar-refractivity contribution in [1.29, 1.82) is 0 Å². The SMILES string of the molecule is CC(C)(C)OC(=O)ON1CCC(c2ccn(CCOc3ccccc3)c(=O)c2)C(O)C1. The Bertz CT molecular complexity index is 922. The molecular formula is C23H30N2O6. The first-order valence-electron chi connectivity index (χ1n) is 10.4. The highest BCUT2D eigenvalue weighted by molar-refractivity contribution is 5.60. The van der Waals surface area contributed by atoms with Gasteiger partial charge in [0.15, 0.2) is 0 Å². The standard InChI is InChI=1S/C23H30N2O6/c1-23(2,3)30-22(28)31-25-12-10-19(20(26)16-25)17-9-11-24(21(27)15-17)13-14-29-18-7-5-4-6-8-18/h4-9,11,15,19-20,26H,10,12-14,16H2,1-3H3. The van der Waals surface area contributed by atoms with Crippen molar-refractivity contribution in [2.45, 2.75) is 51.4 Å². The number of aliphatic hydroxyl groups is 1. The minimum atomic E-state index is -0.793. The Kier molecular flexibility index (Phi) is 7.35. The van der Waals surface area contributed by atoms with E-state index in [0.717, 1.165) is 11.3 Å². The summed E-state index contributed by atoms with van der Waals surface area (Å²) in [4.78, 5) is 29.5. The van der Waals surface area contributed by atoms with Crippen LogP contribution >= 0.6 is 0 Å². The van der Waals surface area contributed by atoms with Gasteiger partial charge in [-0.15, -0.1) is 5.06 Å². The molecule has 2 unspecified atom stereocenters. The van der Waals surface area contributed by atoms with Gasteiger partial charge in [-0.1, -0.05) is 18.2 Å². The predicted molar refractivity (Wildman–Crippen MR) is 115 cm³/mol. The van der Waals surface area contributed by atoms with Gasteiger partial charge in [-0.05, 0) is 51.0 Å². The molecule has 0 aliphatic carbocycles. The number of aromatic nitrogens is 1. The average molecular weight is 431 g/mol. The Hall–Kier alpha value is -2.84. The van der Waals surface area contributed by atoms with E-state index in [2.05, 4.69) is 0 Å². The number of pyridine rings is 1. The molecule has 0 radical (unpaired) electrons. The molecule has 0 bridgehead atoms. The molecule has 1 aliphatic heterocycles. The van der Waals surface area contributed by atoms with E-state index >= 15 is 0 Å². The van der Waals surface area contributed by atoms with E-state index in [1.54, 1.807) is 37.6 Å². The van der Waals surface area contributed by atoms with Gasteiger partial charge in [0.1, 0.15) is 18.0 Å². The second kappa shape index (κ2) is 9.98. The minimum Gasteiger partial charge on any atom is -0.492 e. The van der Waals surface area contributed by atoms with Crippen molar-refractivity contribution in [2.75, 3.05) is 19.7 Å². The summed E-state index contributed by atoms with van der Waals surface area (Å²) in [6.07, 6.45) is 0.707. The van der Waals surface area contributed by atoms with Crippen molar-refractivity contribution in [3.8, 4) is 5.75 Å². The smallest absolute Gasteiger partial charge is 0.492 e. The first kappa shape index (κ1) is 22.8. The molecule has 0 saturated carbocycles. The van der Waals surface area contributed by atoms with Crippen molar-refractivity contribution in [3.63, 3.8) is 0 Å². The van der Waals surface area contributed by atoms with Gasteiger partial charge in [0, 0.05) is 24.7 Å². The van der Waals surface area contributed by atoms with Crippen molar-refractivity contribution in [2.24, 2.45) is 0 Å². The summed E-state index contributed by atoms with van der Waals surface area (Å²) in [5, 5.41) is 12.0. The highest BCUT2D eigenvalue weighted by Crippen LogP contribution is 2.28. The van der Waals surface area contributed by atoms with Gasteiger partial charge < -0.3 is 24.0 Å². The van der Waals surface area contributed by atoms with E-state index < -0.39 is 17.9 Å². The van der Waals surface area contributed by atoms with Gasteiger partial charge in [0.25, 0.3) is 5.56 Å². The van der Waals surface area contributed by atoms with E-state index in [1.807, 2.05) is 36.4 Å². The van der Waals surface area contributed by atoms with E-state index in [4.69, 9.17) is 14.3 Å². The average Bonchev–Trinajstić information content (AvgIpc) is 2.69. The highest BCUT2D eigenvalue weighted by Gasteiger charge is 2.32. The van der Waals surface area contributed by atoms with E-state index in [1.165, 1.54) is 5.06 Å². The molecule has 1 saturated heterocycles. The molecule has 0 spiro atoms. The second-order valence-corrected chi connectivity index (χ2v) is 8.56. The molecule has 3 rings (SSSR count). The number of hydrogen-bond acceptors (Lipinski definition) is 7. The molecule has 2 atom stereocenters. The number of para-hydroxylation sites is 1. The maximum atomic E-state index is 12.5. The number of carbonyl (C=O) groups excluding carboxylic acids is 1. The van der Waals surface area contributed by atoms with Gasteiger partial charge in [0.05, 0.1) is 19.2 Å². The number of hydrogen-bond donors (Lipinski definition) is 1. The van der Waals surface area contributed by atoms with Crippen LogP contribution in [0.25, 0.3) is 0 Å². The molecule has 1 fully saturated rings. The number of hydroxylamine groups is 2. The van der Waals surface area contributed by atoms with Crippen LogP contribution in [0.2, 0.25) is 0 Å². The third-order valence-corrected chi connectivity index (χ3v) is 4.93. The number of nitrogens with zero attached hydrogens (tertiary/aromatic N) is 2. The summed E-state index contributed by atoms with van der Waals surface area (Å²) in [6, 6.07) is 12.8. The Morgan fingerprint density at radius 2 is 1.94 bits per heavy atom. The number of β-amino-alcohol motifs (C(OH)–C–C–N with tert-alkyl or cyclic N) is 1. The summed E-state index contributed by atoms with van der Waals surface area (Å²) in [6.45, 7) is 6.67. The van der Waals surface area contributed by atoms with Crippen LogP contribution < -0.4 is 10.3 Å². The van der Waals surface area contributed by atoms with Crippen molar-refractivity contribution < 1.29 is 24.2 Å². The maximum absolute atomic E-state index is 12.5. The maximum Gasteiger partial charge on any atom is 0.528 e. The molecule has 1 aromatic carbocycles. The van der Waals surface area contributed by atoms with Gasteiger partial charge in [-0.25, -0.2) is 4.79 Å². The molecule has 1 aliphatic rings. The van der Waals surface area contributed by atoms with Crippen molar-refractivity contribution in [3.05, 3.63) is 64.6 Å². The third kappa shape index (κ3) is 6.83. The second-order valence-electron chi connectivity index (χ2n) is 8.56. The molecule has 0 amide bonds. The van der Waals surface area contributed by atoms with Crippen molar-refractivity contribution >= 4 is 6.16 Å². The molecule has 8 heteroatoms. The van der Waals surface area contributed by atoms with Crippen LogP contribution in [0, 0.1) is 0 Å². The highest BCUT2D eigenvalue weighted by atomic mass is 16.8. The lowest BCUT2D eigenvalue weighted by atomic mass is 9.88. The van der Waals surface area contributed by atoms with Gasteiger partial charge >= 0.3 is 6.16 Å². The lowest BCUT2D eigenvalue weighted by Gasteiger charge is -2.34. The third-order valence-electron chi connectivity index (χ3n) is 4.93. The zero-order chi connectivity index (χ0) is 22.4. The van der Waals surface area contributed by atoms with Crippen LogP contribution in [0.1, 0.15) is 38.7 Å². The van der Waals surface area contributed by atoms with E-state index in [9.17, 15) is 14.7 Å². The predicted octanol–water partition coefficient (Wildman–Crippen LogP) is 2.94. The monoisotopic (exact) mass is 430 g/mol. The molecule has 1 aromatic heterocycles. The first-order chi connectivity index (χ1) is 14.7. The normalized spacial score (nSPS) is 19.6. The number of ether oxygens (including phenoxy) is 2. The van der Waals surface area contributed by atoms with Crippen LogP contribution in [0.3, 0.4) is 0 Å². The summed E-state index contributed by atoms with van der Waals surface area (Å²) in [5.41, 5.74) is -0.0205. The molecule has 168 valence electrons.